The van der Waals surface area contributed by atoms with Crippen molar-refractivity contribution in [1.29, 1.82) is 0 Å². The fourth-order valence-corrected chi connectivity index (χ4v) is 3.04. The Hall–Kier alpha value is -3.02. The lowest BCUT2D eigenvalue weighted by molar-refractivity contribution is -0.143. The number of nitrogens with zero attached hydrogens (tertiary/aromatic N) is 1. The second-order valence-corrected chi connectivity index (χ2v) is 7.21. The SMILES string of the molecule is CCC(C)NC(=O)C(CC)N(Cc1ccccc1)C(=O)COc1ccc(OC)cc1. The van der Waals surface area contributed by atoms with E-state index in [2.05, 4.69) is 5.32 Å². The fraction of sp³-hybridized carbons (Fsp3) is 0.417. The lowest BCUT2D eigenvalue weighted by Crippen LogP contribution is -2.51. The zero-order valence-corrected chi connectivity index (χ0v) is 18.3. The Kier molecular flexibility index (Phi) is 9.19. The molecule has 30 heavy (non-hydrogen) atoms. The first-order valence-corrected chi connectivity index (χ1v) is 10.4. The standard InChI is InChI=1S/C24H32N2O4/c1-5-18(3)25-24(28)22(6-2)26(16-19-10-8-7-9-11-19)23(27)17-30-21-14-12-20(29-4)13-15-21/h7-15,18,22H,5-6,16-17H2,1-4H3,(H,25,28). The van der Waals surface area contributed by atoms with Gasteiger partial charge in [-0.1, -0.05) is 44.2 Å². The zero-order valence-electron chi connectivity index (χ0n) is 18.3. The minimum atomic E-state index is -0.564. The number of hydrogen-bond donors (Lipinski definition) is 1. The van der Waals surface area contributed by atoms with Gasteiger partial charge in [0.25, 0.3) is 5.91 Å². The number of ether oxygens (including phenoxy) is 2. The van der Waals surface area contributed by atoms with E-state index in [9.17, 15) is 9.59 Å². The number of hydrogen-bond acceptors (Lipinski definition) is 4. The summed E-state index contributed by atoms with van der Waals surface area (Å²) in [5.41, 5.74) is 0.963. The van der Waals surface area contributed by atoms with Gasteiger partial charge in [0.1, 0.15) is 17.5 Å². The molecule has 0 saturated heterocycles. The molecule has 0 spiro atoms. The van der Waals surface area contributed by atoms with Crippen LogP contribution in [0.3, 0.4) is 0 Å². The van der Waals surface area contributed by atoms with Crippen LogP contribution in [0, 0.1) is 0 Å². The van der Waals surface area contributed by atoms with Gasteiger partial charge in [-0.2, -0.15) is 0 Å². The molecule has 0 aliphatic rings. The van der Waals surface area contributed by atoms with Gasteiger partial charge in [0.2, 0.25) is 5.91 Å². The number of nitrogens with one attached hydrogen (secondary N) is 1. The second kappa shape index (κ2) is 11.9. The predicted molar refractivity (Wildman–Crippen MR) is 117 cm³/mol. The molecule has 0 bridgehead atoms. The molecule has 0 aliphatic carbocycles. The van der Waals surface area contributed by atoms with E-state index in [1.54, 1.807) is 36.3 Å². The average molecular weight is 413 g/mol. The van der Waals surface area contributed by atoms with Gasteiger partial charge in [-0.3, -0.25) is 9.59 Å². The summed E-state index contributed by atoms with van der Waals surface area (Å²) >= 11 is 0. The summed E-state index contributed by atoms with van der Waals surface area (Å²) in [6.07, 6.45) is 1.35. The molecule has 2 atom stereocenters. The minimum Gasteiger partial charge on any atom is -0.497 e. The van der Waals surface area contributed by atoms with Gasteiger partial charge >= 0.3 is 0 Å². The fourth-order valence-electron chi connectivity index (χ4n) is 3.04. The van der Waals surface area contributed by atoms with Crippen LogP contribution >= 0.6 is 0 Å². The van der Waals surface area contributed by atoms with E-state index in [1.807, 2.05) is 51.1 Å². The first-order chi connectivity index (χ1) is 14.5. The molecule has 0 saturated carbocycles. The van der Waals surface area contributed by atoms with Crippen molar-refractivity contribution in [1.82, 2.24) is 10.2 Å². The molecule has 0 aromatic heterocycles. The maximum Gasteiger partial charge on any atom is 0.261 e. The van der Waals surface area contributed by atoms with Crippen LogP contribution in [0.15, 0.2) is 54.6 Å². The molecule has 0 aliphatic heterocycles. The van der Waals surface area contributed by atoms with Gasteiger partial charge in [-0.25, -0.2) is 0 Å². The number of rotatable bonds is 11. The third-order valence-electron chi connectivity index (χ3n) is 5.00. The van der Waals surface area contributed by atoms with E-state index < -0.39 is 6.04 Å². The van der Waals surface area contributed by atoms with Gasteiger partial charge in [0.05, 0.1) is 7.11 Å². The average Bonchev–Trinajstić information content (AvgIpc) is 2.78. The number of benzene rings is 2. The van der Waals surface area contributed by atoms with Crippen LogP contribution in [0.1, 0.15) is 39.2 Å². The summed E-state index contributed by atoms with van der Waals surface area (Å²) in [4.78, 5) is 27.6. The normalized spacial score (nSPS) is 12.5. The molecule has 6 heteroatoms. The lowest BCUT2D eigenvalue weighted by Gasteiger charge is -2.31. The molecule has 1 N–H and O–H groups in total. The lowest BCUT2D eigenvalue weighted by atomic mass is 10.1. The van der Waals surface area contributed by atoms with Crippen molar-refractivity contribution in [3.63, 3.8) is 0 Å². The molecule has 162 valence electrons. The molecule has 2 unspecified atom stereocenters. The number of carbonyl (C=O) groups excluding carboxylic acids is 2. The number of amides is 2. The summed E-state index contributed by atoms with van der Waals surface area (Å²) in [6, 6.07) is 16.2. The van der Waals surface area contributed by atoms with Crippen molar-refractivity contribution in [2.75, 3.05) is 13.7 Å². The largest absolute Gasteiger partial charge is 0.497 e. The molecule has 2 aromatic carbocycles. The Labute approximate surface area is 179 Å². The third-order valence-corrected chi connectivity index (χ3v) is 5.00. The van der Waals surface area contributed by atoms with Crippen molar-refractivity contribution in [3.8, 4) is 11.5 Å². The van der Waals surface area contributed by atoms with Crippen molar-refractivity contribution >= 4 is 11.8 Å². The number of carbonyl (C=O) groups is 2. The van der Waals surface area contributed by atoms with Crippen molar-refractivity contribution in [3.05, 3.63) is 60.2 Å². The summed E-state index contributed by atoms with van der Waals surface area (Å²) < 4.78 is 10.8. The predicted octanol–water partition coefficient (Wildman–Crippen LogP) is 3.80. The summed E-state index contributed by atoms with van der Waals surface area (Å²) in [6.45, 7) is 6.09. The highest BCUT2D eigenvalue weighted by molar-refractivity contribution is 5.88. The van der Waals surface area contributed by atoms with Crippen LogP contribution in [0.25, 0.3) is 0 Å². The third kappa shape index (κ3) is 6.79. The smallest absolute Gasteiger partial charge is 0.261 e. The van der Waals surface area contributed by atoms with Crippen LogP contribution in [0.2, 0.25) is 0 Å². The van der Waals surface area contributed by atoms with E-state index in [0.717, 1.165) is 12.0 Å². The molecule has 0 fully saturated rings. The van der Waals surface area contributed by atoms with Crippen molar-refractivity contribution in [2.24, 2.45) is 0 Å². The molecule has 2 aromatic rings. The minimum absolute atomic E-state index is 0.0516. The topological polar surface area (TPSA) is 67.9 Å². The number of methoxy groups -OCH3 is 1. The summed E-state index contributed by atoms with van der Waals surface area (Å²) in [5.74, 6) is 0.912. The highest BCUT2D eigenvalue weighted by Crippen LogP contribution is 2.18. The first kappa shape index (κ1) is 23.3. The van der Waals surface area contributed by atoms with Gasteiger partial charge in [0, 0.05) is 12.6 Å². The van der Waals surface area contributed by atoms with Crippen LogP contribution in [0.5, 0.6) is 11.5 Å². The zero-order chi connectivity index (χ0) is 21.9. The molecule has 2 amide bonds. The van der Waals surface area contributed by atoms with Crippen LogP contribution in [-0.2, 0) is 16.1 Å². The maximum absolute atomic E-state index is 13.1. The van der Waals surface area contributed by atoms with Crippen LogP contribution in [-0.4, -0.2) is 42.5 Å². The first-order valence-electron chi connectivity index (χ1n) is 10.4. The quantitative estimate of drug-likeness (QED) is 0.610. The Balaban J connectivity index is 2.15. The van der Waals surface area contributed by atoms with E-state index in [0.29, 0.717) is 24.5 Å². The second-order valence-electron chi connectivity index (χ2n) is 7.21. The monoisotopic (exact) mass is 412 g/mol. The van der Waals surface area contributed by atoms with Crippen LogP contribution < -0.4 is 14.8 Å². The van der Waals surface area contributed by atoms with Crippen molar-refractivity contribution in [2.45, 2.75) is 52.2 Å². The molecule has 0 radical (unpaired) electrons. The molecular formula is C24H32N2O4. The summed E-state index contributed by atoms with van der Waals surface area (Å²) in [5, 5.41) is 3.00. The Morgan fingerprint density at radius 2 is 1.60 bits per heavy atom. The Bertz CT molecular complexity index is 793. The molecule has 2 rings (SSSR count). The van der Waals surface area contributed by atoms with Gasteiger partial charge in [-0.05, 0) is 49.6 Å². The Morgan fingerprint density at radius 1 is 0.967 bits per heavy atom. The van der Waals surface area contributed by atoms with Crippen molar-refractivity contribution < 1.29 is 19.1 Å². The van der Waals surface area contributed by atoms with Crippen LogP contribution in [0.4, 0.5) is 0 Å². The van der Waals surface area contributed by atoms with Gasteiger partial charge < -0.3 is 19.7 Å². The summed E-state index contributed by atoms with van der Waals surface area (Å²) in [7, 11) is 1.59. The Morgan fingerprint density at radius 3 is 2.17 bits per heavy atom. The van der Waals surface area contributed by atoms with E-state index in [1.165, 1.54) is 0 Å². The van der Waals surface area contributed by atoms with E-state index in [4.69, 9.17) is 9.47 Å². The van der Waals surface area contributed by atoms with E-state index in [-0.39, 0.29) is 24.5 Å². The highest BCUT2D eigenvalue weighted by Gasteiger charge is 2.29. The molecule has 6 nitrogen and oxygen atoms in total. The van der Waals surface area contributed by atoms with Gasteiger partial charge in [-0.15, -0.1) is 0 Å². The maximum atomic E-state index is 13.1. The molecular weight excluding hydrogens is 380 g/mol. The highest BCUT2D eigenvalue weighted by atomic mass is 16.5. The molecule has 0 heterocycles. The van der Waals surface area contributed by atoms with E-state index >= 15 is 0 Å². The van der Waals surface area contributed by atoms with Gasteiger partial charge in [0.15, 0.2) is 6.61 Å².